The lowest BCUT2D eigenvalue weighted by atomic mass is 10.2. The minimum Gasteiger partial charge on any atom is -0.370 e. The molecule has 68 valence electrons. The molecule has 0 saturated heterocycles. The fraction of sp³-hybridized carbons (Fsp3) is 0.200. The van der Waals surface area contributed by atoms with Gasteiger partial charge in [0.05, 0.1) is 0 Å². The Hall–Kier alpha value is -0.640. The molecular formula is C10H10OS2. The maximum absolute atomic E-state index is 5.46. The van der Waals surface area contributed by atoms with Gasteiger partial charge in [-0.3, -0.25) is 0 Å². The first-order chi connectivity index (χ1) is 6.42. The molecule has 2 aromatic rings. The Balaban J connectivity index is 2.29. The molecule has 0 spiro atoms. The predicted molar refractivity (Wildman–Crippen MR) is 57.5 cm³/mol. The summed E-state index contributed by atoms with van der Waals surface area (Å²) in [5.41, 5.74) is 0. The molecule has 0 aliphatic rings. The van der Waals surface area contributed by atoms with E-state index in [1.165, 1.54) is 9.75 Å². The largest absolute Gasteiger partial charge is 0.370 e. The van der Waals surface area contributed by atoms with E-state index in [0.29, 0.717) is 0 Å². The van der Waals surface area contributed by atoms with Crippen molar-refractivity contribution in [3.63, 3.8) is 0 Å². The third-order valence-corrected chi connectivity index (χ3v) is 3.67. The van der Waals surface area contributed by atoms with E-state index >= 15 is 0 Å². The van der Waals surface area contributed by atoms with Crippen molar-refractivity contribution in [1.82, 2.24) is 0 Å². The quantitative estimate of drug-likeness (QED) is 0.753. The number of rotatable bonds is 3. The van der Waals surface area contributed by atoms with Crippen LogP contribution in [0.5, 0.6) is 0 Å². The van der Waals surface area contributed by atoms with E-state index in [4.69, 9.17) is 4.74 Å². The monoisotopic (exact) mass is 210 g/mol. The van der Waals surface area contributed by atoms with E-state index in [-0.39, 0.29) is 6.10 Å². The van der Waals surface area contributed by atoms with Gasteiger partial charge in [0.1, 0.15) is 6.10 Å². The average Bonchev–Trinajstić information content (AvgIpc) is 2.76. The molecule has 0 aromatic carbocycles. The third-order valence-electron chi connectivity index (χ3n) is 1.84. The van der Waals surface area contributed by atoms with E-state index in [2.05, 4.69) is 35.0 Å². The molecule has 0 unspecified atom stereocenters. The predicted octanol–water partition coefficient (Wildman–Crippen LogP) is 3.55. The zero-order valence-corrected chi connectivity index (χ0v) is 8.90. The van der Waals surface area contributed by atoms with Crippen LogP contribution in [-0.2, 0) is 4.74 Å². The summed E-state index contributed by atoms with van der Waals surface area (Å²) < 4.78 is 5.46. The summed E-state index contributed by atoms with van der Waals surface area (Å²) in [4.78, 5) is 2.54. The Morgan fingerprint density at radius 3 is 1.92 bits per heavy atom. The van der Waals surface area contributed by atoms with Gasteiger partial charge in [-0.15, -0.1) is 22.7 Å². The molecule has 0 saturated carbocycles. The van der Waals surface area contributed by atoms with Crippen LogP contribution in [0.25, 0.3) is 0 Å². The molecule has 2 rings (SSSR count). The molecule has 0 aliphatic carbocycles. The highest BCUT2D eigenvalue weighted by molar-refractivity contribution is 7.11. The number of ether oxygens (including phenoxy) is 1. The molecule has 13 heavy (non-hydrogen) atoms. The molecule has 3 heteroatoms. The fourth-order valence-corrected chi connectivity index (χ4v) is 2.96. The lowest BCUT2D eigenvalue weighted by molar-refractivity contribution is 0.142. The summed E-state index contributed by atoms with van der Waals surface area (Å²) in [6.45, 7) is 0. The highest BCUT2D eigenvalue weighted by atomic mass is 32.1. The summed E-state index contributed by atoms with van der Waals surface area (Å²) in [5, 5.41) is 4.16. The minimum atomic E-state index is 0.125. The molecule has 0 fully saturated rings. The van der Waals surface area contributed by atoms with Crippen LogP contribution >= 0.6 is 22.7 Å². The minimum absolute atomic E-state index is 0.125. The van der Waals surface area contributed by atoms with Gasteiger partial charge < -0.3 is 4.74 Å². The summed E-state index contributed by atoms with van der Waals surface area (Å²) in [5.74, 6) is 0. The zero-order chi connectivity index (χ0) is 9.10. The van der Waals surface area contributed by atoms with Crippen LogP contribution < -0.4 is 0 Å². The fourth-order valence-electron chi connectivity index (χ4n) is 1.25. The Labute approximate surface area is 85.6 Å². The van der Waals surface area contributed by atoms with Crippen molar-refractivity contribution >= 4 is 22.7 Å². The van der Waals surface area contributed by atoms with Gasteiger partial charge in [0, 0.05) is 16.9 Å². The molecule has 2 heterocycles. The SMILES string of the molecule is COC(c1cccs1)c1cccs1. The van der Waals surface area contributed by atoms with E-state index < -0.39 is 0 Å². The number of thiophene rings is 2. The van der Waals surface area contributed by atoms with Crippen molar-refractivity contribution in [2.45, 2.75) is 6.10 Å². The Bertz CT molecular complexity index is 303. The van der Waals surface area contributed by atoms with Gasteiger partial charge >= 0.3 is 0 Å². The van der Waals surface area contributed by atoms with Crippen LogP contribution in [0, 0.1) is 0 Å². The third kappa shape index (κ3) is 1.82. The maximum Gasteiger partial charge on any atom is 0.125 e. The first-order valence-electron chi connectivity index (χ1n) is 4.01. The topological polar surface area (TPSA) is 9.23 Å². The first kappa shape index (κ1) is 8.94. The van der Waals surface area contributed by atoms with Gasteiger partial charge in [-0.05, 0) is 22.9 Å². The van der Waals surface area contributed by atoms with Crippen molar-refractivity contribution in [2.24, 2.45) is 0 Å². The van der Waals surface area contributed by atoms with E-state index in [1.54, 1.807) is 29.8 Å². The lowest BCUT2D eigenvalue weighted by Crippen LogP contribution is -1.97. The lowest BCUT2D eigenvalue weighted by Gasteiger charge is -2.10. The summed E-state index contributed by atoms with van der Waals surface area (Å²) in [6.07, 6.45) is 0.125. The first-order valence-corrected chi connectivity index (χ1v) is 5.77. The van der Waals surface area contributed by atoms with Crippen molar-refractivity contribution < 1.29 is 4.74 Å². The van der Waals surface area contributed by atoms with E-state index in [0.717, 1.165) is 0 Å². The van der Waals surface area contributed by atoms with Crippen LogP contribution in [0.2, 0.25) is 0 Å². The van der Waals surface area contributed by atoms with Gasteiger partial charge in [-0.2, -0.15) is 0 Å². The maximum atomic E-state index is 5.46. The molecule has 1 nitrogen and oxygen atoms in total. The Kier molecular flexibility index (Phi) is 2.78. The number of hydrogen-bond acceptors (Lipinski definition) is 3. The van der Waals surface area contributed by atoms with Crippen molar-refractivity contribution in [2.75, 3.05) is 7.11 Å². The zero-order valence-electron chi connectivity index (χ0n) is 7.27. The van der Waals surface area contributed by atoms with Gasteiger partial charge in [-0.25, -0.2) is 0 Å². The van der Waals surface area contributed by atoms with Crippen molar-refractivity contribution in [3.05, 3.63) is 44.8 Å². The second-order valence-corrected chi connectivity index (χ2v) is 4.61. The van der Waals surface area contributed by atoms with E-state index in [1.807, 2.05) is 0 Å². The standard InChI is InChI=1S/C10H10OS2/c1-11-10(8-4-2-6-12-8)9-5-3-7-13-9/h2-7,10H,1H3. The molecule has 0 radical (unpaired) electrons. The van der Waals surface area contributed by atoms with Gasteiger partial charge in [0.2, 0.25) is 0 Å². The molecule has 0 N–H and O–H groups in total. The Morgan fingerprint density at radius 1 is 1.08 bits per heavy atom. The van der Waals surface area contributed by atoms with Gasteiger partial charge in [0.15, 0.2) is 0 Å². The average molecular weight is 210 g/mol. The van der Waals surface area contributed by atoms with Crippen LogP contribution in [0.1, 0.15) is 15.9 Å². The number of hydrogen-bond donors (Lipinski definition) is 0. The molecule has 0 aliphatic heterocycles. The van der Waals surface area contributed by atoms with Crippen molar-refractivity contribution in [1.29, 1.82) is 0 Å². The van der Waals surface area contributed by atoms with Crippen LogP contribution in [-0.4, -0.2) is 7.11 Å². The van der Waals surface area contributed by atoms with Crippen LogP contribution in [0.15, 0.2) is 35.0 Å². The summed E-state index contributed by atoms with van der Waals surface area (Å²) in [7, 11) is 1.75. The Morgan fingerprint density at radius 2 is 1.62 bits per heavy atom. The molecule has 0 atom stereocenters. The molecule has 2 aromatic heterocycles. The molecule has 0 bridgehead atoms. The normalized spacial score (nSPS) is 10.9. The highest BCUT2D eigenvalue weighted by Gasteiger charge is 2.14. The molecule has 0 amide bonds. The van der Waals surface area contributed by atoms with Crippen molar-refractivity contribution in [3.8, 4) is 0 Å². The second kappa shape index (κ2) is 4.05. The van der Waals surface area contributed by atoms with Gasteiger partial charge in [0.25, 0.3) is 0 Å². The highest BCUT2D eigenvalue weighted by Crippen LogP contribution is 2.31. The van der Waals surface area contributed by atoms with Crippen LogP contribution in [0.3, 0.4) is 0 Å². The van der Waals surface area contributed by atoms with Crippen LogP contribution in [0.4, 0.5) is 0 Å². The van der Waals surface area contributed by atoms with E-state index in [9.17, 15) is 0 Å². The van der Waals surface area contributed by atoms with Gasteiger partial charge in [-0.1, -0.05) is 12.1 Å². The number of methoxy groups -OCH3 is 1. The summed E-state index contributed by atoms with van der Waals surface area (Å²) >= 11 is 3.47. The smallest absolute Gasteiger partial charge is 0.125 e. The second-order valence-electron chi connectivity index (χ2n) is 2.65. The summed E-state index contributed by atoms with van der Waals surface area (Å²) in [6, 6.07) is 8.33. The molecular weight excluding hydrogens is 200 g/mol.